The van der Waals surface area contributed by atoms with E-state index in [2.05, 4.69) is 25.9 Å². The molecular weight excluding hydrogens is 481 g/mol. The zero-order chi connectivity index (χ0) is 23.4. The van der Waals surface area contributed by atoms with E-state index in [-0.39, 0.29) is 14.8 Å². The first-order valence-corrected chi connectivity index (χ1v) is 11.3. The van der Waals surface area contributed by atoms with Crippen molar-refractivity contribution < 1.29 is 14.6 Å². The van der Waals surface area contributed by atoms with Crippen LogP contribution in [0.25, 0.3) is 21.7 Å². The Labute approximate surface area is 201 Å². The molecule has 4 rings (SSSR count). The zero-order valence-corrected chi connectivity index (χ0v) is 19.6. The minimum Gasteiger partial charge on any atom is -0.433 e. The number of pyridine rings is 2. The van der Waals surface area contributed by atoms with Crippen molar-refractivity contribution in [3.05, 3.63) is 71.0 Å². The second kappa shape index (κ2) is 10.2. The Hall–Kier alpha value is -3.17. The summed E-state index contributed by atoms with van der Waals surface area (Å²) in [5, 5.41) is 12.9. The van der Waals surface area contributed by atoms with Crippen molar-refractivity contribution in [1.82, 2.24) is 9.97 Å². The number of halogens is 1. The van der Waals surface area contributed by atoms with Crippen LogP contribution in [0.3, 0.4) is 0 Å². The van der Waals surface area contributed by atoms with Crippen molar-refractivity contribution in [3.8, 4) is 0 Å². The van der Waals surface area contributed by atoms with Crippen molar-refractivity contribution in [3.63, 3.8) is 0 Å². The largest absolute Gasteiger partial charge is 0.433 e. The molecule has 0 aliphatic carbocycles. The molecule has 162 valence electrons. The van der Waals surface area contributed by atoms with Crippen LogP contribution >= 0.6 is 15.9 Å². The van der Waals surface area contributed by atoms with E-state index in [4.69, 9.17) is 0 Å². The number of nitrogens with zero attached hydrogens (tertiary/aromatic N) is 4. The molecule has 0 bridgehead atoms. The van der Waals surface area contributed by atoms with Gasteiger partial charge in [0.2, 0.25) is 0 Å². The van der Waals surface area contributed by atoms with E-state index in [1.165, 1.54) is 4.72 Å². The fourth-order valence-corrected chi connectivity index (χ4v) is 4.60. The number of rotatable bonds is 9. The van der Waals surface area contributed by atoms with Crippen LogP contribution in [0.5, 0.6) is 0 Å². The highest BCUT2D eigenvalue weighted by Gasteiger charge is 2.22. The van der Waals surface area contributed by atoms with Gasteiger partial charge in [-0.2, -0.15) is 0 Å². The van der Waals surface area contributed by atoms with Crippen LogP contribution in [0.1, 0.15) is 5.56 Å². The van der Waals surface area contributed by atoms with Gasteiger partial charge in [0.1, 0.15) is 18.2 Å². The zero-order valence-electron chi connectivity index (χ0n) is 18.1. The van der Waals surface area contributed by atoms with Gasteiger partial charge in [-0.15, -0.1) is 0 Å². The number of hydrogen-bond acceptors (Lipinski definition) is 7. The number of para-hydroxylation sites is 1. The Morgan fingerprint density at radius 1 is 1.06 bits per heavy atom. The summed E-state index contributed by atoms with van der Waals surface area (Å²) in [6.07, 6.45) is 5.10. The molecule has 0 spiro atoms. The number of anilines is 2. The van der Waals surface area contributed by atoms with Crippen LogP contribution in [0.4, 0.5) is 11.5 Å². The van der Waals surface area contributed by atoms with Crippen LogP contribution in [0, 0.1) is 0 Å². The van der Waals surface area contributed by atoms with E-state index < -0.39 is 7.05 Å². The molecular formula is C22H20B3BrN4O3. The lowest BCUT2D eigenvalue weighted by molar-refractivity contribution is 0.566. The Bertz CT molecular complexity index is 1320. The van der Waals surface area contributed by atoms with Crippen molar-refractivity contribution in [1.29, 1.82) is 0 Å². The lowest BCUT2D eigenvalue weighted by Gasteiger charge is -2.25. The molecule has 4 aromatic rings. The molecule has 0 saturated heterocycles. The number of fused-ring (bicyclic) bond motifs is 2. The quantitative estimate of drug-likeness (QED) is 0.279. The molecule has 2 aromatic heterocycles. The standard InChI is InChI=1S/C22H20B3BrN4O3/c1-25(33)30(24-14-32)22-21(26)18-10-15(6-7-16(18)11-28-22)12-29(23-13-31)20-8-9-27-19-5-3-2-4-17(19)20/h2-11,13-14,23-24,33H,12H2,1H3. The third-order valence-corrected chi connectivity index (χ3v) is 6.29. The SMILES string of the molecule is CB(O)N(BC=O)c1ncc2ccc(CN(BC=O)c3ccnc4ccccc34)cc2c1Br. The normalized spacial score (nSPS) is 10.6. The van der Waals surface area contributed by atoms with E-state index in [9.17, 15) is 14.6 Å². The van der Waals surface area contributed by atoms with Gasteiger partial charge in [0.25, 0.3) is 0 Å². The van der Waals surface area contributed by atoms with Gasteiger partial charge in [0, 0.05) is 40.8 Å². The summed E-state index contributed by atoms with van der Waals surface area (Å²) in [6.45, 7) is 2.11. The molecule has 0 unspecified atom stereocenters. The minimum absolute atomic E-state index is 0.0245. The summed E-state index contributed by atoms with van der Waals surface area (Å²) in [6, 6.07) is 15.8. The van der Waals surface area contributed by atoms with Gasteiger partial charge in [0.05, 0.1) is 9.99 Å². The fraction of sp³-hybridized carbons (Fsp3) is 0.0909. The number of benzene rings is 2. The van der Waals surface area contributed by atoms with Crippen LogP contribution in [0.2, 0.25) is 6.82 Å². The summed E-state index contributed by atoms with van der Waals surface area (Å²) in [4.78, 5) is 33.5. The van der Waals surface area contributed by atoms with Gasteiger partial charge in [-0.05, 0) is 46.5 Å². The summed E-state index contributed by atoms with van der Waals surface area (Å²) in [5.74, 6) is 0.492. The van der Waals surface area contributed by atoms with E-state index >= 15 is 0 Å². The van der Waals surface area contributed by atoms with Crippen LogP contribution in [-0.4, -0.2) is 49.2 Å². The molecule has 0 fully saturated rings. The van der Waals surface area contributed by atoms with Gasteiger partial charge < -0.3 is 24.1 Å². The lowest BCUT2D eigenvalue weighted by Crippen LogP contribution is -2.41. The third kappa shape index (κ3) is 4.79. The lowest BCUT2D eigenvalue weighted by atomic mass is 9.73. The second-order valence-corrected chi connectivity index (χ2v) is 8.46. The summed E-state index contributed by atoms with van der Waals surface area (Å²) in [7, 11) is -0.608. The molecule has 7 nitrogen and oxygen atoms in total. The van der Waals surface area contributed by atoms with Crippen LogP contribution in [0.15, 0.2) is 65.4 Å². The Balaban J connectivity index is 1.74. The first-order valence-electron chi connectivity index (χ1n) is 10.5. The van der Waals surface area contributed by atoms with Gasteiger partial charge in [-0.1, -0.05) is 30.3 Å². The van der Waals surface area contributed by atoms with Gasteiger partial charge >= 0.3 is 21.9 Å². The summed E-state index contributed by atoms with van der Waals surface area (Å²) in [5.41, 5.74) is 2.81. The van der Waals surface area contributed by atoms with Crippen molar-refractivity contribution in [2.75, 3.05) is 9.53 Å². The maximum Gasteiger partial charge on any atom is 0.397 e. The fourth-order valence-electron chi connectivity index (χ4n) is 3.92. The van der Waals surface area contributed by atoms with Crippen molar-refractivity contribution in [2.24, 2.45) is 0 Å². The molecule has 2 heterocycles. The third-order valence-electron chi connectivity index (χ3n) is 5.51. The molecule has 0 aliphatic rings. The van der Waals surface area contributed by atoms with Crippen LogP contribution < -0.4 is 9.53 Å². The molecule has 0 amide bonds. The summed E-state index contributed by atoms with van der Waals surface area (Å²) >= 11 is 3.62. The van der Waals surface area contributed by atoms with Gasteiger partial charge in [-0.25, -0.2) is 4.98 Å². The first kappa shape index (κ1) is 23.0. The average molecular weight is 501 g/mol. The molecule has 0 aliphatic heterocycles. The predicted molar refractivity (Wildman–Crippen MR) is 141 cm³/mol. The number of carbonyl (C=O) groups excluding carboxylic acids is 2. The molecule has 2 aromatic carbocycles. The maximum atomic E-state index is 11.5. The van der Waals surface area contributed by atoms with Crippen LogP contribution in [-0.2, 0) is 16.1 Å². The maximum absolute atomic E-state index is 11.5. The second-order valence-electron chi connectivity index (χ2n) is 7.66. The van der Waals surface area contributed by atoms with Crippen molar-refractivity contribution in [2.45, 2.75) is 13.4 Å². The number of hydrogen-bond donors (Lipinski definition) is 1. The average Bonchev–Trinajstić information content (AvgIpc) is 2.83. The minimum atomic E-state index is -0.873. The van der Waals surface area contributed by atoms with Crippen molar-refractivity contribution >= 4 is 83.4 Å². The van der Waals surface area contributed by atoms with Gasteiger partial charge in [0.15, 0.2) is 0 Å². The molecule has 0 atom stereocenters. The topological polar surface area (TPSA) is 86.6 Å². The highest BCUT2D eigenvalue weighted by Crippen LogP contribution is 2.33. The molecule has 0 saturated carbocycles. The monoisotopic (exact) mass is 500 g/mol. The van der Waals surface area contributed by atoms with E-state index in [1.54, 1.807) is 19.2 Å². The molecule has 1 N–H and O–H groups in total. The molecule has 0 radical (unpaired) electrons. The van der Waals surface area contributed by atoms with E-state index in [0.717, 1.165) is 45.3 Å². The Morgan fingerprint density at radius 3 is 2.61 bits per heavy atom. The Kier molecular flexibility index (Phi) is 7.10. The summed E-state index contributed by atoms with van der Waals surface area (Å²) < 4.78 is 2.21. The first-order chi connectivity index (χ1) is 16.0. The van der Waals surface area contributed by atoms with Gasteiger partial charge in [-0.3, -0.25) is 4.98 Å². The van der Waals surface area contributed by atoms with E-state index in [1.807, 2.05) is 53.3 Å². The highest BCUT2D eigenvalue weighted by molar-refractivity contribution is 9.10. The Morgan fingerprint density at radius 2 is 1.85 bits per heavy atom. The van der Waals surface area contributed by atoms with E-state index in [0.29, 0.717) is 16.8 Å². The molecule has 33 heavy (non-hydrogen) atoms. The molecule has 11 heteroatoms. The highest BCUT2D eigenvalue weighted by atomic mass is 79.9. The number of carbonyl (C=O) groups is 2. The smallest absolute Gasteiger partial charge is 0.397 e. The number of aromatic nitrogens is 2. The predicted octanol–water partition coefficient (Wildman–Crippen LogP) is 2.55.